The van der Waals surface area contributed by atoms with E-state index in [0.717, 1.165) is 55.2 Å². The molecule has 2 saturated heterocycles. The second-order valence-corrected chi connectivity index (χ2v) is 10.6. The third-order valence-corrected chi connectivity index (χ3v) is 7.45. The number of aryl methyl sites for hydroxylation is 1. The van der Waals surface area contributed by atoms with E-state index in [0.29, 0.717) is 40.7 Å². The number of amides is 1. The summed E-state index contributed by atoms with van der Waals surface area (Å²) in [6, 6.07) is 12.1. The zero-order chi connectivity index (χ0) is 25.5. The lowest BCUT2D eigenvalue weighted by molar-refractivity contribution is 0.0954. The molecule has 2 heterocycles. The number of hydrogen-bond acceptors (Lipinski definition) is 5. The Kier molecular flexibility index (Phi) is 9.54. The number of anilines is 1. The summed E-state index contributed by atoms with van der Waals surface area (Å²) in [7, 11) is 0. The molecule has 2 aliphatic heterocycles. The van der Waals surface area contributed by atoms with Crippen molar-refractivity contribution in [1.29, 1.82) is 0 Å². The summed E-state index contributed by atoms with van der Waals surface area (Å²) in [6.45, 7) is 8.74. The quantitative estimate of drug-likeness (QED) is 0.389. The molecule has 2 fully saturated rings. The fourth-order valence-corrected chi connectivity index (χ4v) is 5.31. The van der Waals surface area contributed by atoms with Crippen molar-refractivity contribution in [3.63, 3.8) is 0 Å². The van der Waals surface area contributed by atoms with Crippen molar-refractivity contribution in [2.24, 2.45) is 0 Å². The number of piperidine rings is 1. The summed E-state index contributed by atoms with van der Waals surface area (Å²) in [6.07, 6.45) is 6.65. The van der Waals surface area contributed by atoms with Gasteiger partial charge in [0, 0.05) is 59.6 Å². The summed E-state index contributed by atoms with van der Waals surface area (Å²) in [5.41, 5.74) is 3.67. The van der Waals surface area contributed by atoms with E-state index in [9.17, 15) is 4.79 Å². The Labute approximate surface area is 224 Å². The molecule has 4 N–H and O–H groups in total. The molecule has 0 saturated carbocycles. The molecular formula is C28H37Cl2N5O. The Morgan fingerprint density at radius 1 is 1.14 bits per heavy atom. The van der Waals surface area contributed by atoms with Crippen LogP contribution in [0.25, 0.3) is 0 Å². The molecule has 1 amide bonds. The maximum atomic E-state index is 12.8. The second-order valence-electron chi connectivity index (χ2n) is 9.81. The van der Waals surface area contributed by atoms with Crippen molar-refractivity contribution in [2.75, 3.05) is 38.0 Å². The van der Waals surface area contributed by atoms with Crippen LogP contribution < -0.4 is 21.3 Å². The minimum Gasteiger partial charge on any atom is -0.356 e. The third kappa shape index (κ3) is 7.39. The van der Waals surface area contributed by atoms with Gasteiger partial charge in [-0.25, -0.2) is 0 Å². The Morgan fingerprint density at radius 2 is 2.00 bits per heavy atom. The number of carbonyl (C=O) groups excluding carboxylic acids is 1. The Balaban J connectivity index is 1.41. The van der Waals surface area contributed by atoms with Crippen LogP contribution >= 0.6 is 23.2 Å². The van der Waals surface area contributed by atoms with Crippen LogP contribution in [0.1, 0.15) is 47.7 Å². The summed E-state index contributed by atoms with van der Waals surface area (Å²) in [5, 5.41) is 15.1. The average molecular weight is 531 g/mol. The number of halogens is 2. The molecule has 8 heteroatoms. The van der Waals surface area contributed by atoms with Gasteiger partial charge >= 0.3 is 0 Å². The predicted molar refractivity (Wildman–Crippen MR) is 150 cm³/mol. The van der Waals surface area contributed by atoms with Gasteiger partial charge < -0.3 is 26.2 Å². The first-order valence-corrected chi connectivity index (χ1v) is 13.7. The van der Waals surface area contributed by atoms with Gasteiger partial charge in [-0.1, -0.05) is 35.7 Å². The van der Waals surface area contributed by atoms with Crippen molar-refractivity contribution < 1.29 is 4.79 Å². The molecule has 1 unspecified atom stereocenters. The monoisotopic (exact) mass is 529 g/mol. The molecule has 2 aromatic rings. The molecule has 0 aliphatic carbocycles. The smallest absolute Gasteiger partial charge is 0.251 e. The van der Waals surface area contributed by atoms with Crippen LogP contribution in [-0.2, 0) is 6.42 Å². The highest BCUT2D eigenvalue weighted by Crippen LogP contribution is 2.23. The molecule has 2 aliphatic rings. The van der Waals surface area contributed by atoms with Crippen molar-refractivity contribution in [3.05, 3.63) is 75.0 Å². The van der Waals surface area contributed by atoms with Gasteiger partial charge in [0.25, 0.3) is 5.91 Å². The van der Waals surface area contributed by atoms with Crippen LogP contribution in [0.3, 0.4) is 0 Å². The maximum Gasteiger partial charge on any atom is 0.251 e. The van der Waals surface area contributed by atoms with Crippen molar-refractivity contribution >= 4 is 34.8 Å². The molecule has 0 spiro atoms. The van der Waals surface area contributed by atoms with Crippen LogP contribution in [0.5, 0.6) is 0 Å². The number of piperazine rings is 1. The van der Waals surface area contributed by atoms with E-state index in [1.807, 2.05) is 37.3 Å². The first-order valence-electron chi connectivity index (χ1n) is 12.9. The second kappa shape index (κ2) is 12.8. The Morgan fingerprint density at radius 3 is 2.72 bits per heavy atom. The zero-order valence-corrected chi connectivity index (χ0v) is 22.7. The van der Waals surface area contributed by atoms with E-state index in [1.165, 1.54) is 12.8 Å². The van der Waals surface area contributed by atoms with E-state index in [-0.39, 0.29) is 5.91 Å². The molecule has 0 radical (unpaired) electrons. The molecule has 2 atom stereocenters. The lowest BCUT2D eigenvalue weighted by Gasteiger charge is -2.36. The standard InChI is InChI=1S/C28H37Cl2N5O/c1-19-15-22(28(36)33-12-10-21-6-8-23(29)16-25(21)30)7-9-26(19)34-27(17-24-5-3-4-11-32-24)35-14-13-31-20(2)18-35/h6-9,15-17,20,24,31-32,34H,3-5,10-14,18H2,1-2H3,(H,33,36)/t20-,24?/m0/s1. The van der Waals surface area contributed by atoms with E-state index < -0.39 is 0 Å². The number of hydrogen-bond donors (Lipinski definition) is 4. The Bertz CT molecular complexity index is 1080. The van der Waals surface area contributed by atoms with Crippen LogP contribution in [0.4, 0.5) is 5.69 Å². The number of nitrogens with zero attached hydrogens (tertiary/aromatic N) is 1. The van der Waals surface area contributed by atoms with Crippen LogP contribution in [0.15, 0.2) is 48.3 Å². The predicted octanol–water partition coefficient (Wildman–Crippen LogP) is 4.96. The maximum absolute atomic E-state index is 12.8. The fourth-order valence-electron chi connectivity index (χ4n) is 4.81. The SMILES string of the molecule is Cc1cc(C(=O)NCCc2ccc(Cl)cc2Cl)ccc1NC(=CC1CCCCN1)N1CCN[C@@H](C)C1. The highest BCUT2D eigenvalue weighted by atomic mass is 35.5. The molecule has 0 aromatic heterocycles. The van der Waals surface area contributed by atoms with E-state index in [1.54, 1.807) is 6.07 Å². The molecule has 4 rings (SSSR count). The third-order valence-electron chi connectivity index (χ3n) is 6.86. The summed E-state index contributed by atoms with van der Waals surface area (Å²) >= 11 is 12.2. The largest absolute Gasteiger partial charge is 0.356 e. The molecule has 0 bridgehead atoms. The molecule has 194 valence electrons. The van der Waals surface area contributed by atoms with Crippen LogP contribution in [0, 0.1) is 6.92 Å². The first kappa shape index (κ1) is 26.8. The molecule has 36 heavy (non-hydrogen) atoms. The zero-order valence-electron chi connectivity index (χ0n) is 21.2. The van der Waals surface area contributed by atoms with Crippen molar-refractivity contribution in [3.8, 4) is 0 Å². The van der Waals surface area contributed by atoms with Crippen molar-refractivity contribution in [1.82, 2.24) is 20.9 Å². The number of rotatable bonds is 8. The van der Waals surface area contributed by atoms with Gasteiger partial charge in [0.2, 0.25) is 0 Å². The molecular weight excluding hydrogens is 493 g/mol. The van der Waals surface area contributed by atoms with Gasteiger partial charge in [0.15, 0.2) is 0 Å². The molecule has 6 nitrogen and oxygen atoms in total. The van der Waals surface area contributed by atoms with Gasteiger partial charge in [-0.15, -0.1) is 0 Å². The summed E-state index contributed by atoms with van der Waals surface area (Å²) in [5.74, 6) is 1.05. The van der Waals surface area contributed by atoms with Crippen LogP contribution in [0.2, 0.25) is 10.0 Å². The minimum atomic E-state index is -0.0900. The highest BCUT2D eigenvalue weighted by molar-refractivity contribution is 6.35. The lowest BCUT2D eigenvalue weighted by Crippen LogP contribution is -2.50. The van der Waals surface area contributed by atoms with Gasteiger partial charge in [-0.05, 0) is 87.2 Å². The Hall–Kier alpha value is -2.25. The summed E-state index contributed by atoms with van der Waals surface area (Å²) in [4.78, 5) is 15.2. The van der Waals surface area contributed by atoms with E-state index in [2.05, 4.69) is 39.2 Å². The normalized spacial score (nSPS) is 20.8. The first-order chi connectivity index (χ1) is 17.4. The average Bonchev–Trinajstić information content (AvgIpc) is 2.86. The highest BCUT2D eigenvalue weighted by Gasteiger charge is 2.21. The summed E-state index contributed by atoms with van der Waals surface area (Å²) < 4.78 is 0. The number of nitrogens with one attached hydrogen (secondary N) is 4. The number of carbonyl (C=O) groups is 1. The minimum absolute atomic E-state index is 0.0900. The van der Waals surface area contributed by atoms with Gasteiger partial charge in [-0.3, -0.25) is 4.79 Å². The van der Waals surface area contributed by atoms with E-state index in [4.69, 9.17) is 23.2 Å². The van der Waals surface area contributed by atoms with E-state index >= 15 is 0 Å². The van der Waals surface area contributed by atoms with Gasteiger partial charge in [0.05, 0.1) is 0 Å². The number of benzene rings is 2. The van der Waals surface area contributed by atoms with Gasteiger partial charge in [0.1, 0.15) is 5.82 Å². The topological polar surface area (TPSA) is 68.4 Å². The van der Waals surface area contributed by atoms with Crippen LogP contribution in [-0.4, -0.2) is 55.6 Å². The lowest BCUT2D eigenvalue weighted by atomic mass is 10.0. The van der Waals surface area contributed by atoms with Crippen molar-refractivity contribution in [2.45, 2.75) is 51.6 Å². The fraction of sp³-hybridized carbons (Fsp3) is 0.464. The van der Waals surface area contributed by atoms with Gasteiger partial charge in [-0.2, -0.15) is 0 Å². The molecule has 2 aromatic carbocycles.